The Bertz CT molecular complexity index is 621. The lowest BCUT2D eigenvalue weighted by atomic mass is 10.0. The topological polar surface area (TPSA) is 79.5 Å². The molecule has 0 aliphatic heterocycles. The number of nitrogens with one attached hydrogen (secondary N) is 1. The van der Waals surface area contributed by atoms with Crippen LogP contribution < -0.4 is 5.32 Å². The van der Waals surface area contributed by atoms with Crippen LogP contribution in [0.5, 0.6) is 0 Å². The van der Waals surface area contributed by atoms with Crippen LogP contribution in [0, 0.1) is 5.92 Å². The van der Waals surface area contributed by atoms with Crippen LogP contribution in [0.1, 0.15) is 45.2 Å². The van der Waals surface area contributed by atoms with Crippen molar-refractivity contribution < 1.29 is 9.90 Å². The Hall–Kier alpha value is -2.11. The standard InChI is InChI=1S/C15H22N4O2/c1-4-11(7-14(20)21)9-17-15-13-8-12(10(2)3)18-19(13)6-5-16-15/h5-6,8,10-11H,4,7,9H2,1-3H3,(H,16,17)(H,20,21). The number of hydrogen-bond acceptors (Lipinski definition) is 4. The smallest absolute Gasteiger partial charge is 0.303 e. The molecule has 0 saturated carbocycles. The van der Waals surface area contributed by atoms with E-state index in [9.17, 15) is 4.79 Å². The number of carboxylic acids is 1. The number of fused-ring (bicyclic) bond motifs is 1. The molecule has 2 rings (SSSR count). The first-order chi connectivity index (χ1) is 10.0. The number of rotatable bonds is 7. The molecule has 0 fully saturated rings. The molecule has 0 radical (unpaired) electrons. The molecule has 0 aliphatic carbocycles. The molecule has 0 bridgehead atoms. The van der Waals surface area contributed by atoms with Crippen molar-refractivity contribution in [1.82, 2.24) is 14.6 Å². The van der Waals surface area contributed by atoms with Crippen molar-refractivity contribution in [1.29, 1.82) is 0 Å². The lowest BCUT2D eigenvalue weighted by Crippen LogP contribution is -2.18. The highest BCUT2D eigenvalue weighted by atomic mass is 16.4. The maximum absolute atomic E-state index is 10.8. The van der Waals surface area contributed by atoms with E-state index >= 15 is 0 Å². The van der Waals surface area contributed by atoms with Crippen LogP contribution in [-0.4, -0.2) is 32.2 Å². The summed E-state index contributed by atoms with van der Waals surface area (Å²) in [6.45, 7) is 6.79. The SMILES string of the molecule is CCC(CNc1nccn2nc(C(C)C)cc12)CC(=O)O. The number of carbonyl (C=O) groups is 1. The molecule has 1 unspecified atom stereocenters. The summed E-state index contributed by atoms with van der Waals surface area (Å²) in [5.74, 6) is 0.437. The van der Waals surface area contributed by atoms with Crippen LogP contribution in [0.25, 0.3) is 5.52 Å². The van der Waals surface area contributed by atoms with Crippen LogP contribution in [0.3, 0.4) is 0 Å². The van der Waals surface area contributed by atoms with Crippen molar-refractivity contribution in [2.75, 3.05) is 11.9 Å². The molecule has 6 heteroatoms. The number of carboxylic acid groups (broad SMARTS) is 1. The van der Waals surface area contributed by atoms with Gasteiger partial charge in [-0.1, -0.05) is 27.2 Å². The van der Waals surface area contributed by atoms with E-state index in [1.54, 1.807) is 6.20 Å². The molecule has 114 valence electrons. The minimum Gasteiger partial charge on any atom is -0.481 e. The predicted octanol–water partition coefficient (Wildman–Crippen LogP) is 2.77. The Kier molecular flexibility index (Phi) is 4.77. The molecule has 2 heterocycles. The zero-order chi connectivity index (χ0) is 15.4. The summed E-state index contributed by atoms with van der Waals surface area (Å²) in [4.78, 5) is 15.2. The molecule has 0 saturated heterocycles. The third kappa shape index (κ3) is 3.71. The van der Waals surface area contributed by atoms with Gasteiger partial charge >= 0.3 is 5.97 Å². The van der Waals surface area contributed by atoms with Crippen molar-refractivity contribution >= 4 is 17.3 Å². The van der Waals surface area contributed by atoms with E-state index in [0.717, 1.165) is 23.4 Å². The van der Waals surface area contributed by atoms with E-state index in [1.807, 2.05) is 23.7 Å². The van der Waals surface area contributed by atoms with Gasteiger partial charge in [-0.05, 0) is 17.9 Å². The third-order valence-electron chi connectivity index (χ3n) is 3.60. The Morgan fingerprint density at radius 1 is 1.48 bits per heavy atom. The number of anilines is 1. The summed E-state index contributed by atoms with van der Waals surface area (Å²) >= 11 is 0. The average molecular weight is 290 g/mol. The Morgan fingerprint density at radius 2 is 2.24 bits per heavy atom. The van der Waals surface area contributed by atoms with Crippen LogP contribution >= 0.6 is 0 Å². The normalized spacial score (nSPS) is 12.8. The van der Waals surface area contributed by atoms with E-state index in [2.05, 4.69) is 29.2 Å². The highest BCUT2D eigenvalue weighted by Crippen LogP contribution is 2.20. The highest BCUT2D eigenvalue weighted by molar-refractivity contribution is 5.69. The van der Waals surface area contributed by atoms with Gasteiger partial charge in [0.2, 0.25) is 0 Å². The largest absolute Gasteiger partial charge is 0.481 e. The summed E-state index contributed by atoms with van der Waals surface area (Å²) in [7, 11) is 0. The fraction of sp³-hybridized carbons (Fsp3) is 0.533. The quantitative estimate of drug-likeness (QED) is 0.819. The van der Waals surface area contributed by atoms with Crippen molar-refractivity contribution in [2.24, 2.45) is 5.92 Å². The molecule has 2 aromatic rings. The van der Waals surface area contributed by atoms with E-state index in [0.29, 0.717) is 12.5 Å². The maximum atomic E-state index is 10.8. The van der Waals surface area contributed by atoms with Gasteiger partial charge in [-0.25, -0.2) is 9.50 Å². The number of hydrogen-bond donors (Lipinski definition) is 2. The second kappa shape index (κ2) is 6.56. The molecule has 0 amide bonds. The Labute approximate surface area is 124 Å². The summed E-state index contributed by atoms with van der Waals surface area (Å²) in [5, 5.41) is 16.7. The molecule has 0 aliphatic rings. The minimum atomic E-state index is -0.763. The molecule has 1 atom stereocenters. The number of nitrogens with zero attached hydrogens (tertiary/aromatic N) is 3. The third-order valence-corrected chi connectivity index (χ3v) is 3.60. The second-order valence-electron chi connectivity index (χ2n) is 5.58. The fourth-order valence-corrected chi connectivity index (χ4v) is 2.21. The van der Waals surface area contributed by atoms with E-state index in [-0.39, 0.29) is 12.3 Å². The zero-order valence-corrected chi connectivity index (χ0v) is 12.7. The molecule has 6 nitrogen and oxygen atoms in total. The minimum absolute atomic E-state index is 0.0945. The first-order valence-corrected chi connectivity index (χ1v) is 7.31. The molecular weight excluding hydrogens is 268 g/mol. The summed E-state index contributed by atoms with van der Waals surface area (Å²) in [6, 6.07) is 2.03. The van der Waals surface area contributed by atoms with Gasteiger partial charge in [0.05, 0.1) is 5.69 Å². The predicted molar refractivity (Wildman–Crippen MR) is 81.6 cm³/mol. The average Bonchev–Trinajstić information content (AvgIpc) is 2.87. The Morgan fingerprint density at radius 3 is 2.86 bits per heavy atom. The highest BCUT2D eigenvalue weighted by Gasteiger charge is 2.13. The van der Waals surface area contributed by atoms with Gasteiger partial charge in [-0.15, -0.1) is 0 Å². The van der Waals surface area contributed by atoms with Gasteiger partial charge in [0.1, 0.15) is 5.52 Å². The fourth-order valence-electron chi connectivity index (χ4n) is 2.21. The van der Waals surface area contributed by atoms with Crippen LogP contribution in [0.2, 0.25) is 0 Å². The summed E-state index contributed by atoms with van der Waals surface area (Å²) in [5.41, 5.74) is 1.94. The van der Waals surface area contributed by atoms with Crippen molar-refractivity contribution in [3.05, 3.63) is 24.2 Å². The molecule has 21 heavy (non-hydrogen) atoms. The number of aliphatic carboxylic acids is 1. The maximum Gasteiger partial charge on any atom is 0.303 e. The monoisotopic (exact) mass is 290 g/mol. The lowest BCUT2D eigenvalue weighted by Gasteiger charge is -2.14. The van der Waals surface area contributed by atoms with Gasteiger partial charge < -0.3 is 10.4 Å². The van der Waals surface area contributed by atoms with E-state index in [4.69, 9.17) is 5.11 Å². The molecule has 2 N–H and O–H groups in total. The van der Waals surface area contributed by atoms with Crippen LogP contribution in [-0.2, 0) is 4.79 Å². The van der Waals surface area contributed by atoms with Gasteiger partial charge in [-0.3, -0.25) is 4.79 Å². The van der Waals surface area contributed by atoms with Crippen molar-refractivity contribution in [3.8, 4) is 0 Å². The first kappa shape index (κ1) is 15.3. The lowest BCUT2D eigenvalue weighted by molar-refractivity contribution is -0.138. The molecule has 0 spiro atoms. The van der Waals surface area contributed by atoms with Crippen molar-refractivity contribution in [3.63, 3.8) is 0 Å². The van der Waals surface area contributed by atoms with Crippen LogP contribution in [0.4, 0.5) is 5.82 Å². The van der Waals surface area contributed by atoms with Crippen molar-refractivity contribution in [2.45, 2.75) is 39.5 Å². The van der Waals surface area contributed by atoms with E-state index in [1.165, 1.54) is 0 Å². The zero-order valence-electron chi connectivity index (χ0n) is 12.7. The summed E-state index contributed by atoms with van der Waals surface area (Å²) in [6.07, 6.45) is 4.51. The van der Waals surface area contributed by atoms with Gasteiger partial charge in [0, 0.05) is 25.4 Å². The van der Waals surface area contributed by atoms with Crippen LogP contribution in [0.15, 0.2) is 18.5 Å². The molecule has 2 aromatic heterocycles. The van der Waals surface area contributed by atoms with Gasteiger partial charge in [0.25, 0.3) is 0 Å². The summed E-state index contributed by atoms with van der Waals surface area (Å²) < 4.78 is 1.81. The molecular formula is C15H22N4O2. The van der Waals surface area contributed by atoms with Gasteiger partial charge in [-0.2, -0.15) is 5.10 Å². The first-order valence-electron chi connectivity index (χ1n) is 7.31. The molecule has 0 aromatic carbocycles. The second-order valence-corrected chi connectivity index (χ2v) is 5.58. The van der Waals surface area contributed by atoms with Gasteiger partial charge in [0.15, 0.2) is 5.82 Å². The number of aromatic nitrogens is 3. The van der Waals surface area contributed by atoms with E-state index < -0.39 is 5.97 Å². The Balaban J connectivity index is 2.16.